The lowest BCUT2D eigenvalue weighted by Gasteiger charge is -2.09. The van der Waals surface area contributed by atoms with Gasteiger partial charge in [-0.05, 0) is 32.6 Å². The van der Waals surface area contributed by atoms with Crippen LogP contribution < -0.4 is 5.56 Å². The summed E-state index contributed by atoms with van der Waals surface area (Å²) in [4.78, 5) is 23.3. The van der Waals surface area contributed by atoms with Crippen LogP contribution in [0.4, 0.5) is 0 Å². The van der Waals surface area contributed by atoms with E-state index in [1.54, 1.807) is 6.92 Å². The van der Waals surface area contributed by atoms with Crippen molar-refractivity contribution in [3.05, 3.63) is 22.1 Å². The minimum atomic E-state index is -0.550. The van der Waals surface area contributed by atoms with Crippen molar-refractivity contribution < 1.29 is 9.53 Å². The summed E-state index contributed by atoms with van der Waals surface area (Å²) in [6.45, 7) is 3.99. The van der Waals surface area contributed by atoms with Gasteiger partial charge in [-0.3, -0.25) is 4.79 Å². The second kappa shape index (κ2) is 4.15. The third kappa shape index (κ3) is 1.89. The van der Waals surface area contributed by atoms with E-state index in [9.17, 15) is 9.59 Å². The molecule has 0 bridgehead atoms. The van der Waals surface area contributed by atoms with Gasteiger partial charge >= 0.3 is 5.97 Å². The largest absolute Gasteiger partial charge is 0.462 e. The standard InChI is InChI=1S/C11H16N2O3/c1-3-16-11(15)9-6-12-13(10(9)14)7(2)8-4-5-8/h6-8,12H,3-5H2,1-2H3. The molecule has 1 unspecified atom stereocenters. The monoisotopic (exact) mass is 224 g/mol. The van der Waals surface area contributed by atoms with E-state index in [2.05, 4.69) is 5.10 Å². The van der Waals surface area contributed by atoms with Crippen LogP contribution in [0.2, 0.25) is 0 Å². The molecule has 0 aromatic carbocycles. The van der Waals surface area contributed by atoms with Gasteiger partial charge in [0.15, 0.2) is 0 Å². The van der Waals surface area contributed by atoms with Crippen LogP contribution in [-0.2, 0) is 4.74 Å². The number of hydrogen-bond acceptors (Lipinski definition) is 3. The minimum Gasteiger partial charge on any atom is -0.462 e. The first-order valence-corrected chi connectivity index (χ1v) is 5.62. The van der Waals surface area contributed by atoms with Crippen molar-refractivity contribution in [2.24, 2.45) is 5.92 Å². The Labute approximate surface area is 93.4 Å². The van der Waals surface area contributed by atoms with Crippen molar-refractivity contribution in [2.45, 2.75) is 32.7 Å². The van der Waals surface area contributed by atoms with E-state index in [0.717, 1.165) is 12.8 Å². The topological polar surface area (TPSA) is 64.1 Å². The summed E-state index contributed by atoms with van der Waals surface area (Å²) in [5.74, 6) is 0.0110. The van der Waals surface area contributed by atoms with Crippen molar-refractivity contribution >= 4 is 5.97 Å². The van der Waals surface area contributed by atoms with Gasteiger partial charge in [0.25, 0.3) is 5.56 Å². The number of ether oxygens (including phenoxy) is 1. The first-order valence-electron chi connectivity index (χ1n) is 5.62. The highest BCUT2D eigenvalue weighted by Gasteiger charge is 2.31. The maximum absolute atomic E-state index is 11.9. The van der Waals surface area contributed by atoms with Crippen LogP contribution in [0.1, 0.15) is 43.1 Å². The summed E-state index contributed by atoms with van der Waals surface area (Å²) in [6.07, 6.45) is 3.74. The van der Waals surface area contributed by atoms with Crippen LogP contribution >= 0.6 is 0 Å². The molecule has 1 fully saturated rings. The molecule has 1 N–H and O–H groups in total. The quantitative estimate of drug-likeness (QED) is 0.784. The number of aromatic nitrogens is 2. The molecule has 0 radical (unpaired) electrons. The molecule has 1 saturated carbocycles. The summed E-state index contributed by atoms with van der Waals surface area (Å²) in [7, 11) is 0. The Morgan fingerprint density at radius 1 is 1.69 bits per heavy atom. The maximum Gasteiger partial charge on any atom is 0.345 e. The third-order valence-corrected chi connectivity index (χ3v) is 3.00. The average Bonchev–Trinajstić information content (AvgIpc) is 3.02. The highest BCUT2D eigenvalue weighted by Crippen LogP contribution is 2.38. The van der Waals surface area contributed by atoms with Gasteiger partial charge in [0.1, 0.15) is 5.56 Å². The van der Waals surface area contributed by atoms with Gasteiger partial charge in [-0.2, -0.15) is 0 Å². The molecule has 2 rings (SSSR count). The molecule has 88 valence electrons. The van der Waals surface area contributed by atoms with E-state index in [-0.39, 0.29) is 23.8 Å². The molecule has 16 heavy (non-hydrogen) atoms. The Bertz CT molecular complexity index is 442. The molecule has 1 aromatic heterocycles. The lowest BCUT2D eigenvalue weighted by Crippen LogP contribution is -2.26. The zero-order valence-corrected chi connectivity index (χ0v) is 9.53. The summed E-state index contributed by atoms with van der Waals surface area (Å²) >= 11 is 0. The highest BCUT2D eigenvalue weighted by atomic mass is 16.5. The van der Waals surface area contributed by atoms with Crippen LogP contribution in [-0.4, -0.2) is 22.4 Å². The maximum atomic E-state index is 11.9. The summed E-state index contributed by atoms with van der Waals surface area (Å²) < 4.78 is 6.32. The van der Waals surface area contributed by atoms with Gasteiger partial charge in [0.05, 0.1) is 12.6 Å². The fraction of sp³-hybridized carbons (Fsp3) is 0.636. The van der Waals surface area contributed by atoms with E-state index in [1.807, 2.05) is 6.92 Å². The molecular weight excluding hydrogens is 208 g/mol. The van der Waals surface area contributed by atoms with Gasteiger partial charge in [0, 0.05) is 6.20 Å². The second-order valence-electron chi connectivity index (χ2n) is 4.16. The Kier molecular flexibility index (Phi) is 2.85. The highest BCUT2D eigenvalue weighted by molar-refractivity contribution is 5.88. The number of nitrogens with one attached hydrogen (secondary N) is 1. The first-order chi connectivity index (χ1) is 7.65. The summed E-state index contributed by atoms with van der Waals surface area (Å²) in [6, 6.07) is 0.135. The number of nitrogens with zero attached hydrogens (tertiary/aromatic N) is 1. The predicted octanol–water partition coefficient (Wildman–Crippen LogP) is 1.32. The van der Waals surface area contributed by atoms with Crippen LogP contribution in [0.15, 0.2) is 11.0 Å². The molecule has 1 atom stereocenters. The first kappa shape index (κ1) is 11.0. The van der Waals surface area contributed by atoms with E-state index in [4.69, 9.17) is 4.74 Å². The molecule has 0 amide bonds. The van der Waals surface area contributed by atoms with Crippen molar-refractivity contribution in [3.8, 4) is 0 Å². The second-order valence-corrected chi connectivity index (χ2v) is 4.16. The van der Waals surface area contributed by atoms with Crippen molar-refractivity contribution in [2.75, 3.05) is 6.61 Å². The smallest absolute Gasteiger partial charge is 0.345 e. The van der Waals surface area contributed by atoms with E-state index < -0.39 is 5.97 Å². The molecule has 5 nitrogen and oxygen atoms in total. The van der Waals surface area contributed by atoms with Crippen LogP contribution in [0.5, 0.6) is 0 Å². The molecule has 0 spiro atoms. The lowest BCUT2D eigenvalue weighted by atomic mass is 10.2. The fourth-order valence-corrected chi connectivity index (χ4v) is 1.83. The average molecular weight is 224 g/mol. The molecule has 0 aliphatic heterocycles. The summed E-state index contributed by atoms with van der Waals surface area (Å²) in [5.41, 5.74) is -0.188. The normalized spacial score (nSPS) is 17.1. The van der Waals surface area contributed by atoms with Gasteiger partial charge in [-0.15, -0.1) is 0 Å². The number of carbonyl (C=O) groups excluding carboxylic acids is 1. The number of rotatable bonds is 4. The zero-order chi connectivity index (χ0) is 11.7. The predicted molar refractivity (Wildman–Crippen MR) is 58.4 cm³/mol. The lowest BCUT2D eigenvalue weighted by molar-refractivity contribution is 0.0524. The number of hydrogen-bond donors (Lipinski definition) is 1. The van der Waals surface area contributed by atoms with Crippen molar-refractivity contribution in [1.29, 1.82) is 0 Å². The SMILES string of the molecule is CCOC(=O)c1c[nH]n(C(C)C2CC2)c1=O. The zero-order valence-electron chi connectivity index (χ0n) is 9.53. The Hall–Kier alpha value is -1.52. The Balaban J connectivity index is 2.23. The number of esters is 1. The van der Waals surface area contributed by atoms with E-state index in [0.29, 0.717) is 5.92 Å². The molecule has 0 saturated heterocycles. The minimum absolute atomic E-state index is 0.0920. The fourth-order valence-electron chi connectivity index (χ4n) is 1.83. The molecule has 1 aliphatic rings. The Morgan fingerprint density at radius 3 is 2.94 bits per heavy atom. The molecule has 1 heterocycles. The molecule has 5 heteroatoms. The van der Waals surface area contributed by atoms with Crippen molar-refractivity contribution in [1.82, 2.24) is 9.78 Å². The van der Waals surface area contributed by atoms with E-state index >= 15 is 0 Å². The van der Waals surface area contributed by atoms with Gasteiger partial charge in [-0.1, -0.05) is 0 Å². The molecule has 1 aromatic rings. The van der Waals surface area contributed by atoms with Gasteiger partial charge in [0.2, 0.25) is 0 Å². The number of aromatic amines is 1. The summed E-state index contributed by atoms with van der Waals surface area (Å²) in [5, 5.41) is 2.84. The number of H-pyrrole nitrogens is 1. The third-order valence-electron chi connectivity index (χ3n) is 3.00. The van der Waals surface area contributed by atoms with Gasteiger partial charge < -0.3 is 9.84 Å². The van der Waals surface area contributed by atoms with Crippen LogP contribution in [0.3, 0.4) is 0 Å². The Morgan fingerprint density at radius 2 is 2.38 bits per heavy atom. The van der Waals surface area contributed by atoms with Crippen LogP contribution in [0.25, 0.3) is 0 Å². The van der Waals surface area contributed by atoms with Crippen LogP contribution in [0, 0.1) is 5.92 Å². The van der Waals surface area contributed by atoms with Gasteiger partial charge in [-0.25, -0.2) is 9.48 Å². The number of carbonyl (C=O) groups is 1. The molecular formula is C11H16N2O3. The molecule has 1 aliphatic carbocycles. The van der Waals surface area contributed by atoms with Crippen molar-refractivity contribution in [3.63, 3.8) is 0 Å². The van der Waals surface area contributed by atoms with E-state index in [1.165, 1.54) is 10.9 Å².